The molecular formula is C23H17N3O6. The Morgan fingerprint density at radius 3 is 2.44 bits per heavy atom. The number of nitrogen functional groups attached to an aromatic ring is 1. The van der Waals surface area contributed by atoms with Crippen LogP contribution in [0.1, 0.15) is 20.7 Å². The van der Waals surface area contributed by atoms with Crippen molar-refractivity contribution >= 4 is 34.5 Å². The van der Waals surface area contributed by atoms with Crippen LogP contribution in [0.4, 0.5) is 5.69 Å². The minimum atomic E-state index is -1.26. The first-order chi connectivity index (χ1) is 15.2. The third-order valence-electron chi connectivity index (χ3n) is 4.93. The topological polar surface area (TPSA) is 167 Å². The van der Waals surface area contributed by atoms with Gasteiger partial charge in [0.15, 0.2) is 0 Å². The van der Waals surface area contributed by atoms with E-state index in [1.165, 1.54) is 24.3 Å². The molecule has 0 saturated heterocycles. The summed E-state index contributed by atoms with van der Waals surface area (Å²) in [4.78, 5) is 35.1. The third kappa shape index (κ3) is 3.74. The summed E-state index contributed by atoms with van der Waals surface area (Å²) in [6.07, 6.45) is 0. The molecule has 1 heterocycles. The predicted molar refractivity (Wildman–Crippen MR) is 115 cm³/mol. The first-order valence-corrected chi connectivity index (χ1v) is 9.43. The molecule has 0 unspecified atom stereocenters. The van der Waals surface area contributed by atoms with Crippen LogP contribution < -0.4 is 16.4 Å². The highest BCUT2D eigenvalue weighted by atomic mass is 16.4. The molecule has 0 saturated carbocycles. The minimum absolute atomic E-state index is 0.0133. The third-order valence-corrected chi connectivity index (χ3v) is 4.93. The molecule has 0 fully saturated rings. The van der Waals surface area contributed by atoms with Gasteiger partial charge in [-0.3, -0.25) is 9.59 Å². The maximum atomic E-state index is 12.3. The number of carboxylic acid groups (broad SMARTS) is 2. The molecule has 6 N–H and O–H groups in total. The van der Waals surface area contributed by atoms with Gasteiger partial charge in [0.2, 0.25) is 0 Å². The quantitative estimate of drug-likeness (QED) is 0.239. The Labute approximate surface area is 180 Å². The van der Waals surface area contributed by atoms with Gasteiger partial charge in [-0.15, -0.1) is 0 Å². The molecule has 1 aliphatic carbocycles. The van der Waals surface area contributed by atoms with E-state index in [1.807, 2.05) is 0 Å². The number of carbonyl (C=O) groups is 3. The molecule has 0 atom stereocenters. The Kier molecular flexibility index (Phi) is 5.07. The lowest BCUT2D eigenvalue weighted by Gasteiger charge is -2.17. The van der Waals surface area contributed by atoms with Crippen molar-refractivity contribution in [3.05, 3.63) is 71.1 Å². The van der Waals surface area contributed by atoms with E-state index in [0.29, 0.717) is 39.1 Å². The number of amides is 1. The number of nitrogens with one attached hydrogen (secondary N) is 2. The second-order valence-corrected chi connectivity index (χ2v) is 7.09. The monoisotopic (exact) mass is 431 g/mol. The minimum Gasteiger partial charge on any atom is -0.480 e. The van der Waals surface area contributed by atoms with Gasteiger partial charge in [-0.1, -0.05) is 6.07 Å². The molecule has 2 aromatic carbocycles. The average molecular weight is 431 g/mol. The van der Waals surface area contributed by atoms with E-state index in [9.17, 15) is 19.5 Å². The molecule has 0 bridgehead atoms. The number of nitrogens with two attached hydrogens (primary N) is 1. The number of aromatic carboxylic acids is 1. The van der Waals surface area contributed by atoms with Crippen LogP contribution in [0.3, 0.4) is 0 Å². The van der Waals surface area contributed by atoms with Crippen LogP contribution in [0.15, 0.2) is 59.0 Å². The van der Waals surface area contributed by atoms with Crippen molar-refractivity contribution in [1.29, 1.82) is 5.41 Å². The maximum absolute atomic E-state index is 12.3. The SMILES string of the molecule is N=c1ccc2c(-c3ccc(C(=O)NCC(=O)O)cc3C(=O)O)c3ccc(N)cc3oc-2c1. The molecule has 0 radical (unpaired) electrons. The number of carbonyl (C=O) groups excluding carboxylic acids is 1. The zero-order chi connectivity index (χ0) is 23.0. The summed E-state index contributed by atoms with van der Waals surface area (Å²) >= 11 is 0. The summed E-state index contributed by atoms with van der Waals surface area (Å²) in [6, 6.07) is 13.9. The van der Waals surface area contributed by atoms with Crippen LogP contribution >= 0.6 is 0 Å². The smallest absolute Gasteiger partial charge is 0.336 e. The Bertz CT molecular complexity index is 1440. The van der Waals surface area contributed by atoms with E-state index >= 15 is 0 Å². The highest BCUT2D eigenvalue weighted by Gasteiger charge is 2.23. The molecule has 1 amide bonds. The Morgan fingerprint density at radius 1 is 0.969 bits per heavy atom. The summed E-state index contributed by atoms with van der Waals surface area (Å²) < 4.78 is 5.92. The number of fused-ring (bicyclic) bond motifs is 2. The van der Waals surface area contributed by atoms with Crippen molar-refractivity contribution in [3.8, 4) is 22.5 Å². The molecule has 0 aromatic heterocycles. The van der Waals surface area contributed by atoms with Crippen LogP contribution in [-0.4, -0.2) is 34.6 Å². The van der Waals surface area contributed by atoms with Crippen LogP contribution in [0.2, 0.25) is 0 Å². The molecule has 160 valence electrons. The normalized spacial score (nSPS) is 10.9. The second kappa shape index (κ2) is 7.88. The summed E-state index contributed by atoms with van der Waals surface area (Å²) in [7, 11) is 0. The molecule has 2 aromatic rings. The summed E-state index contributed by atoms with van der Waals surface area (Å²) in [5.41, 5.74) is 8.10. The van der Waals surface area contributed by atoms with Crippen molar-refractivity contribution < 1.29 is 29.0 Å². The zero-order valence-electron chi connectivity index (χ0n) is 16.5. The second-order valence-electron chi connectivity index (χ2n) is 7.09. The van der Waals surface area contributed by atoms with E-state index in [1.54, 1.807) is 30.3 Å². The van der Waals surface area contributed by atoms with Crippen LogP contribution in [-0.2, 0) is 4.79 Å². The molecule has 9 nitrogen and oxygen atoms in total. The van der Waals surface area contributed by atoms with Gasteiger partial charge < -0.3 is 31.1 Å². The van der Waals surface area contributed by atoms with E-state index in [2.05, 4.69) is 5.32 Å². The van der Waals surface area contributed by atoms with Gasteiger partial charge in [0.05, 0.1) is 10.9 Å². The molecule has 9 heteroatoms. The molecular weight excluding hydrogens is 414 g/mol. The highest BCUT2D eigenvalue weighted by Crippen LogP contribution is 2.41. The van der Waals surface area contributed by atoms with Gasteiger partial charge in [-0.2, -0.15) is 0 Å². The van der Waals surface area contributed by atoms with Crippen LogP contribution in [0, 0.1) is 5.41 Å². The van der Waals surface area contributed by atoms with Crippen molar-refractivity contribution in [1.82, 2.24) is 5.32 Å². The lowest BCUT2D eigenvalue weighted by atomic mass is 9.89. The fraction of sp³-hybridized carbons (Fsp3) is 0.0435. The summed E-state index contributed by atoms with van der Waals surface area (Å²) in [5, 5.41) is 29.6. The van der Waals surface area contributed by atoms with E-state index in [4.69, 9.17) is 20.7 Å². The Hall–Kier alpha value is -4.66. The Balaban J connectivity index is 1.99. The number of carboxylic acids is 2. The van der Waals surface area contributed by atoms with Gasteiger partial charge in [0.1, 0.15) is 17.9 Å². The molecule has 2 aliphatic rings. The van der Waals surface area contributed by atoms with Gasteiger partial charge in [0.25, 0.3) is 5.91 Å². The number of hydrogen-bond acceptors (Lipinski definition) is 6. The van der Waals surface area contributed by atoms with E-state index in [0.717, 1.165) is 0 Å². The van der Waals surface area contributed by atoms with Crippen LogP contribution in [0.5, 0.6) is 0 Å². The first-order valence-electron chi connectivity index (χ1n) is 9.43. The molecule has 4 rings (SSSR count). The van der Waals surface area contributed by atoms with E-state index < -0.39 is 24.4 Å². The lowest BCUT2D eigenvalue weighted by Crippen LogP contribution is -2.29. The molecule has 32 heavy (non-hydrogen) atoms. The molecule has 0 spiro atoms. The fourth-order valence-corrected chi connectivity index (χ4v) is 3.54. The number of benzene rings is 3. The number of rotatable bonds is 5. The van der Waals surface area contributed by atoms with Crippen molar-refractivity contribution in [2.75, 3.05) is 12.3 Å². The number of aliphatic carboxylic acids is 1. The maximum Gasteiger partial charge on any atom is 0.336 e. The molecule has 1 aliphatic heterocycles. The predicted octanol–water partition coefficient (Wildman–Crippen LogP) is 2.78. The van der Waals surface area contributed by atoms with Gasteiger partial charge in [0, 0.05) is 39.9 Å². The standard InChI is InChI=1S/C23H17N3O6/c24-12-2-5-15-18(8-12)32-19-9-13(25)3-6-16(19)21(15)14-4-1-11(7-17(14)23(30)31)22(29)26-10-20(27)28/h1-9,24H,10,25H2,(H,26,29)(H,27,28)(H,30,31). The largest absolute Gasteiger partial charge is 0.480 e. The van der Waals surface area contributed by atoms with Gasteiger partial charge >= 0.3 is 11.9 Å². The Morgan fingerprint density at radius 2 is 1.72 bits per heavy atom. The first kappa shape index (κ1) is 20.6. The van der Waals surface area contributed by atoms with Crippen molar-refractivity contribution in [3.63, 3.8) is 0 Å². The van der Waals surface area contributed by atoms with Crippen molar-refractivity contribution in [2.45, 2.75) is 0 Å². The lowest BCUT2D eigenvalue weighted by molar-refractivity contribution is -0.135. The fourth-order valence-electron chi connectivity index (χ4n) is 3.54. The zero-order valence-corrected chi connectivity index (χ0v) is 16.5. The van der Waals surface area contributed by atoms with Crippen LogP contribution in [0.25, 0.3) is 33.4 Å². The van der Waals surface area contributed by atoms with Gasteiger partial charge in [-0.05, 0) is 42.0 Å². The van der Waals surface area contributed by atoms with Gasteiger partial charge in [-0.25, -0.2) is 4.79 Å². The van der Waals surface area contributed by atoms with Crippen molar-refractivity contribution in [2.24, 2.45) is 0 Å². The highest BCUT2D eigenvalue weighted by molar-refractivity contribution is 6.09. The number of hydrogen-bond donors (Lipinski definition) is 5. The van der Waals surface area contributed by atoms with E-state index in [-0.39, 0.29) is 16.5 Å². The number of anilines is 1. The summed E-state index contributed by atoms with van der Waals surface area (Å²) in [6.45, 7) is -0.588. The average Bonchev–Trinajstić information content (AvgIpc) is 2.75. The summed E-state index contributed by atoms with van der Waals surface area (Å²) in [5.74, 6) is -2.80.